The van der Waals surface area contributed by atoms with Crippen LogP contribution in [0.25, 0.3) is 85.8 Å². The van der Waals surface area contributed by atoms with Gasteiger partial charge in [-0.05, 0) is 51.0 Å². The maximum atomic E-state index is 3.89. The average Bonchev–Trinajstić information content (AvgIpc) is 3.60. The summed E-state index contributed by atoms with van der Waals surface area (Å²) in [6.07, 6.45) is 0. The largest absolute Gasteiger partial charge is 0.353 e. The van der Waals surface area contributed by atoms with Gasteiger partial charge >= 0.3 is 0 Å². The van der Waals surface area contributed by atoms with Crippen molar-refractivity contribution in [3.8, 4) is 22.3 Å². The molecule has 0 aliphatic heterocycles. The number of aromatic amines is 1. The fourth-order valence-corrected chi connectivity index (χ4v) is 7.81. The van der Waals surface area contributed by atoms with E-state index in [1.54, 1.807) is 0 Å². The first-order chi connectivity index (χ1) is 19.8. The molecule has 0 unspecified atom stereocenters. The molecule has 9 rings (SSSR count). The van der Waals surface area contributed by atoms with Crippen molar-refractivity contribution in [3.63, 3.8) is 0 Å². The van der Waals surface area contributed by atoms with Crippen LogP contribution < -0.4 is 0 Å². The number of para-hydroxylation sites is 1. The molecular formula is C38H23NS. The summed E-state index contributed by atoms with van der Waals surface area (Å²) in [6, 6.07) is 48.8. The van der Waals surface area contributed by atoms with Gasteiger partial charge in [-0.2, -0.15) is 0 Å². The van der Waals surface area contributed by atoms with Crippen LogP contribution in [0.1, 0.15) is 0 Å². The number of hydrogen-bond donors (Lipinski definition) is 1. The Morgan fingerprint density at radius 3 is 1.80 bits per heavy atom. The number of nitrogens with one attached hydrogen (secondary N) is 1. The van der Waals surface area contributed by atoms with Gasteiger partial charge in [0.25, 0.3) is 0 Å². The Bertz CT molecular complexity index is 2440. The average molecular weight is 526 g/mol. The van der Waals surface area contributed by atoms with Crippen LogP contribution in [0.5, 0.6) is 0 Å². The van der Waals surface area contributed by atoms with E-state index >= 15 is 0 Å². The minimum atomic E-state index is 1.19. The first kappa shape index (κ1) is 22.0. The van der Waals surface area contributed by atoms with Gasteiger partial charge in [-0.3, -0.25) is 0 Å². The van der Waals surface area contributed by atoms with Gasteiger partial charge in [0.2, 0.25) is 0 Å². The Labute approximate surface area is 234 Å². The van der Waals surface area contributed by atoms with E-state index < -0.39 is 0 Å². The van der Waals surface area contributed by atoms with Crippen molar-refractivity contribution in [2.75, 3.05) is 0 Å². The van der Waals surface area contributed by atoms with Crippen LogP contribution in [0.4, 0.5) is 0 Å². The number of H-pyrrole nitrogens is 1. The molecule has 2 heterocycles. The highest BCUT2D eigenvalue weighted by atomic mass is 32.1. The van der Waals surface area contributed by atoms with Gasteiger partial charge in [-0.15, -0.1) is 11.3 Å². The molecule has 0 fully saturated rings. The van der Waals surface area contributed by atoms with Crippen LogP contribution in [-0.4, -0.2) is 4.98 Å². The van der Waals surface area contributed by atoms with Crippen LogP contribution in [-0.2, 0) is 0 Å². The third kappa shape index (κ3) is 3.03. The molecule has 0 aliphatic rings. The number of benzene rings is 7. The van der Waals surface area contributed by atoms with Crippen molar-refractivity contribution in [1.82, 2.24) is 4.98 Å². The molecule has 0 aliphatic carbocycles. The standard InChI is InChI=1S/C38H23NS/c1-3-14-29-27(12-1)28-13-2-4-15-30(28)38-36(29)32-19-8-18-26(37(32)39-38)24-11-7-10-23(22-24)25-17-9-21-34-35(25)31-16-5-6-20-33(31)40-34/h1-22,39H. The van der Waals surface area contributed by atoms with Crippen LogP contribution >= 0.6 is 11.3 Å². The zero-order valence-electron chi connectivity index (χ0n) is 21.6. The third-order valence-corrected chi connectivity index (χ3v) is 9.54. The van der Waals surface area contributed by atoms with Crippen molar-refractivity contribution in [2.24, 2.45) is 0 Å². The molecule has 0 bridgehead atoms. The van der Waals surface area contributed by atoms with Crippen molar-refractivity contribution < 1.29 is 0 Å². The second kappa shape index (κ2) is 8.29. The molecule has 0 atom stereocenters. The molecule has 1 N–H and O–H groups in total. The molecule has 0 saturated heterocycles. The van der Waals surface area contributed by atoms with E-state index in [0.717, 1.165) is 0 Å². The Balaban J connectivity index is 1.32. The minimum absolute atomic E-state index is 1.19. The Hall–Kier alpha value is -4.92. The number of fused-ring (bicyclic) bond motifs is 11. The maximum Gasteiger partial charge on any atom is 0.0551 e. The molecule has 2 aromatic heterocycles. The van der Waals surface area contributed by atoms with E-state index in [1.807, 2.05) is 11.3 Å². The molecule has 0 spiro atoms. The van der Waals surface area contributed by atoms with Crippen molar-refractivity contribution in [2.45, 2.75) is 0 Å². The Kier molecular flexibility index (Phi) is 4.55. The lowest BCUT2D eigenvalue weighted by atomic mass is 9.94. The minimum Gasteiger partial charge on any atom is -0.353 e. The van der Waals surface area contributed by atoms with Crippen molar-refractivity contribution >= 4 is 74.9 Å². The summed E-state index contributed by atoms with van der Waals surface area (Å²) in [5, 5.41) is 10.4. The summed E-state index contributed by atoms with van der Waals surface area (Å²) >= 11 is 1.87. The van der Waals surface area contributed by atoms with E-state index in [9.17, 15) is 0 Å². The van der Waals surface area contributed by atoms with Crippen molar-refractivity contribution in [1.29, 1.82) is 0 Å². The Morgan fingerprint density at radius 1 is 0.375 bits per heavy atom. The first-order valence-electron chi connectivity index (χ1n) is 13.7. The molecule has 186 valence electrons. The van der Waals surface area contributed by atoms with Gasteiger partial charge in [0.1, 0.15) is 0 Å². The molecule has 2 heteroatoms. The van der Waals surface area contributed by atoms with Crippen LogP contribution in [0, 0.1) is 0 Å². The first-order valence-corrected chi connectivity index (χ1v) is 14.5. The second-order valence-corrected chi connectivity index (χ2v) is 11.6. The highest BCUT2D eigenvalue weighted by Crippen LogP contribution is 2.43. The molecule has 0 amide bonds. The van der Waals surface area contributed by atoms with Gasteiger partial charge in [-0.25, -0.2) is 0 Å². The zero-order valence-corrected chi connectivity index (χ0v) is 22.4. The summed E-state index contributed by atoms with van der Waals surface area (Å²) < 4.78 is 2.67. The van der Waals surface area contributed by atoms with E-state index in [2.05, 4.69) is 138 Å². The highest BCUT2D eigenvalue weighted by Gasteiger charge is 2.17. The van der Waals surface area contributed by atoms with Gasteiger partial charge in [-0.1, -0.05) is 115 Å². The summed E-state index contributed by atoms with van der Waals surface area (Å²) in [5.41, 5.74) is 7.39. The normalized spacial score (nSPS) is 12.0. The number of rotatable bonds is 2. The maximum absolute atomic E-state index is 3.89. The summed E-state index contributed by atoms with van der Waals surface area (Å²) in [5.74, 6) is 0. The molecule has 1 nitrogen and oxygen atoms in total. The number of thiophene rings is 1. The lowest BCUT2D eigenvalue weighted by Gasteiger charge is -2.09. The van der Waals surface area contributed by atoms with E-state index in [0.29, 0.717) is 0 Å². The van der Waals surface area contributed by atoms with Gasteiger partial charge < -0.3 is 4.98 Å². The molecule has 7 aromatic carbocycles. The quantitative estimate of drug-likeness (QED) is 0.216. The topological polar surface area (TPSA) is 15.8 Å². The van der Waals surface area contributed by atoms with Gasteiger partial charge in [0.15, 0.2) is 0 Å². The number of hydrogen-bond acceptors (Lipinski definition) is 1. The fraction of sp³-hybridized carbons (Fsp3) is 0. The highest BCUT2D eigenvalue weighted by molar-refractivity contribution is 7.25. The molecule has 0 radical (unpaired) electrons. The fourth-order valence-electron chi connectivity index (χ4n) is 6.68. The summed E-state index contributed by atoms with van der Waals surface area (Å²) in [6.45, 7) is 0. The van der Waals surface area contributed by atoms with Crippen LogP contribution in [0.2, 0.25) is 0 Å². The predicted octanol–water partition coefficient (Wildman–Crippen LogP) is 11.3. The van der Waals surface area contributed by atoms with Gasteiger partial charge in [0.05, 0.1) is 11.0 Å². The third-order valence-electron chi connectivity index (χ3n) is 8.40. The van der Waals surface area contributed by atoms with E-state index in [-0.39, 0.29) is 0 Å². The summed E-state index contributed by atoms with van der Waals surface area (Å²) in [4.78, 5) is 3.89. The molecule has 0 saturated carbocycles. The summed E-state index contributed by atoms with van der Waals surface area (Å²) in [7, 11) is 0. The lowest BCUT2D eigenvalue weighted by molar-refractivity contribution is 1.55. The van der Waals surface area contributed by atoms with E-state index in [1.165, 1.54) is 85.8 Å². The lowest BCUT2D eigenvalue weighted by Crippen LogP contribution is -1.84. The zero-order chi connectivity index (χ0) is 26.2. The molecule has 9 aromatic rings. The molecule has 40 heavy (non-hydrogen) atoms. The SMILES string of the molecule is c1cc(-c2cccc3c2[nH]c2c4ccccc4c4ccccc4c32)cc(-c2cccc3sc4ccccc4c23)c1. The number of aromatic nitrogens is 1. The van der Waals surface area contributed by atoms with E-state index in [4.69, 9.17) is 0 Å². The van der Waals surface area contributed by atoms with Crippen LogP contribution in [0.3, 0.4) is 0 Å². The molecular weight excluding hydrogens is 502 g/mol. The monoisotopic (exact) mass is 525 g/mol. The van der Waals surface area contributed by atoms with Gasteiger partial charge in [0, 0.05) is 41.9 Å². The Morgan fingerprint density at radius 2 is 0.950 bits per heavy atom. The van der Waals surface area contributed by atoms with Crippen molar-refractivity contribution in [3.05, 3.63) is 133 Å². The predicted molar refractivity (Wildman–Crippen MR) is 175 cm³/mol. The second-order valence-electron chi connectivity index (χ2n) is 10.6. The smallest absolute Gasteiger partial charge is 0.0551 e. The van der Waals surface area contributed by atoms with Crippen LogP contribution in [0.15, 0.2) is 133 Å².